The van der Waals surface area contributed by atoms with Crippen LogP contribution in [0.4, 0.5) is 0 Å². The molecule has 1 aromatic carbocycles. The van der Waals surface area contributed by atoms with Crippen LogP contribution in [0.25, 0.3) is 11.4 Å². The monoisotopic (exact) mass is 434 g/mol. The van der Waals surface area contributed by atoms with Crippen LogP contribution in [0.1, 0.15) is 35.2 Å². The lowest BCUT2D eigenvalue weighted by molar-refractivity contribution is 0.0495. The number of rotatable bonds is 5. The second-order valence-electron chi connectivity index (χ2n) is 8.25. The standard InChI is InChI=1S/C24H23ClN4O2/c1-15-3-7-19(23-26-9-2-10-27-23)20(11-15)24(30)29-18(6-4-16-12-21(16)29)14-31-22-8-5-17(25)13-28-22/h2-3,5,7-11,13,16,18,21H,4,6,12,14H2,1H3. The van der Waals surface area contributed by atoms with Gasteiger partial charge in [-0.15, -0.1) is 0 Å². The SMILES string of the molecule is Cc1ccc(-c2ncccn2)c(C(=O)N2C(COc3ccc(Cl)cn3)CCC3CC32)c1. The van der Waals surface area contributed by atoms with E-state index in [4.69, 9.17) is 16.3 Å². The lowest BCUT2D eigenvalue weighted by Crippen LogP contribution is -2.48. The average Bonchev–Trinajstić information content (AvgIpc) is 3.58. The van der Waals surface area contributed by atoms with Crippen LogP contribution >= 0.6 is 11.6 Å². The molecule has 3 atom stereocenters. The average molecular weight is 435 g/mol. The van der Waals surface area contributed by atoms with Gasteiger partial charge in [-0.25, -0.2) is 15.0 Å². The van der Waals surface area contributed by atoms with Gasteiger partial charge in [-0.05, 0) is 50.3 Å². The van der Waals surface area contributed by atoms with Crippen LogP contribution in [0.3, 0.4) is 0 Å². The third kappa shape index (κ3) is 4.12. The van der Waals surface area contributed by atoms with Crippen molar-refractivity contribution >= 4 is 17.5 Å². The Labute approximate surface area is 186 Å². The predicted molar refractivity (Wildman–Crippen MR) is 118 cm³/mol. The third-order valence-corrected chi connectivity index (χ3v) is 6.30. The fourth-order valence-corrected chi connectivity index (χ4v) is 4.53. The number of piperidine rings is 1. The van der Waals surface area contributed by atoms with Crippen molar-refractivity contribution in [3.05, 3.63) is 71.1 Å². The van der Waals surface area contributed by atoms with Crippen LogP contribution in [0.5, 0.6) is 5.88 Å². The highest BCUT2D eigenvalue weighted by Gasteiger charge is 2.50. The summed E-state index contributed by atoms with van der Waals surface area (Å²) in [5.41, 5.74) is 2.44. The summed E-state index contributed by atoms with van der Waals surface area (Å²) in [6.45, 7) is 2.40. The molecule has 0 radical (unpaired) electrons. The quantitative estimate of drug-likeness (QED) is 0.588. The molecule has 3 heterocycles. The number of benzene rings is 1. The zero-order valence-electron chi connectivity index (χ0n) is 17.2. The topological polar surface area (TPSA) is 68.2 Å². The highest BCUT2D eigenvalue weighted by atomic mass is 35.5. The fraction of sp³-hybridized carbons (Fsp3) is 0.333. The van der Waals surface area contributed by atoms with Crippen molar-refractivity contribution in [1.29, 1.82) is 0 Å². The molecule has 7 heteroatoms. The van der Waals surface area contributed by atoms with Gasteiger partial charge in [0, 0.05) is 36.3 Å². The molecule has 158 valence electrons. The number of ether oxygens (including phenoxy) is 1. The molecule has 1 saturated carbocycles. The van der Waals surface area contributed by atoms with Crippen molar-refractivity contribution < 1.29 is 9.53 Å². The van der Waals surface area contributed by atoms with Gasteiger partial charge in [0.25, 0.3) is 5.91 Å². The molecule has 0 spiro atoms. The number of carbonyl (C=O) groups is 1. The zero-order valence-corrected chi connectivity index (χ0v) is 18.0. The molecule has 1 amide bonds. The number of nitrogens with zero attached hydrogens (tertiary/aromatic N) is 4. The number of aryl methyl sites for hydroxylation is 1. The molecule has 2 fully saturated rings. The Morgan fingerprint density at radius 2 is 2.00 bits per heavy atom. The Bertz CT molecular complexity index is 1090. The Morgan fingerprint density at radius 1 is 1.16 bits per heavy atom. The zero-order chi connectivity index (χ0) is 21.4. The summed E-state index contributed by atoms with van der Waals surface area (Å²) in [7, 11) is 0. The van der Waals surface area contributed by atoms with Crippen LogP contribution in [-0.2, 0) is 0 Å². The number of pyridine rings is 1. The molecule has 2 aromatic heterocycles. The minimum atomic E-state index is -0.00113. The van der Waals surface area contributed by atoms with E-state index in [2.05, 4.69) is 15.0 Å². The van der Waals surface area contributed by atoms with E-state index in [-0.39, 0.29) is 18.0 Å². The van der Waals surface area contributed by atoms with Gasteiger partial charge in [0.15, 0.2) is 5.82 Å². The number of likely N-dealkylation sites (tertiary alicyclic amines) is 1. The van der Waals surface area contributed by atoms with E-state index in [1.807, 2.05) is 30.0 Å². The Balaban J connectivity index is 1.43. The first-order valence-corrected chi connectivity index (χ1v) is 10.9. The lowest BCUT2D eigenvalue weighted by atomic mass is 9.98. The third-order valence-electron chi connectivity index (χ3n) is 6.08. The van der Waals surface area contributed by atoms with Gasteiger partial charge in [0.05, 0.1) is 16.6 Å². The maximum Gasteiger partial charge on any atom is 0.255 e. The highest BCUT2D eigenvalue weighted by Crippen LogP contribution is 2.46. The van der Waals surface area contributed by atoms with Crippen LogP contribution in [0, 0.1) is 12.8 Å². The molecule has 5 rings (SSSR count). The molecule has 2 aliphatic rings. The van der Waals surface area contributed by atoms with Crippen molar-refractivity contribution in [2.75, 3.05) is 6.61 Å². The number of amides is 1. The summed E-state index contributed by atoms with van der Waals surface area (Å²) in [6.07, 6.45) is 8.07. The summed E-state index contributed by atoms with van der Waals surface area (Å²) < 4.78 is 5.93. The molecule has 0 N–H and O–H groups in total. The molecule has 1 saturated heterocycles. The number of aromatic nitrogens is 3. The van der Waals surface area contributed by atoms with Gasteiger partial charge in [-0.2, -0.15) is 0 Å². The van der Waals surface area contributed by atoms with E-state index >= 15 is 0 Å². The number of hydrogen-bond donors (Lipinski definition) is 0. The number of carbonyl (C=O) groups excluding carboxylic acids is 1. The molecule has 1 aliphatic heterocycles. The van der Waals surface area contributed by atoms with Gasteiger partial charge >= 0.3 is 0 Å². The first kappa shape index (κ1) is 19.9. The largest absolute Gasteiger partial charge is 0.475 e. The van der Waals surface area contributed by atoms with Crippen molar-refractivity contribution in [1.82, 2.24) is 19.9 Å². The number of fused-ring (bicyclic) bond motifs is 1. The van der Waals surface area contributed by atoms with Crippen LogP contribution in [0.15, 0.2) is 55.0 Å². The van der Waals surface area contributed by atoms with Gasteiger partial charge in [-0.3, -0.25) is 4.79 Å². The van der Waals surface area contributed by atoms with Crippen LogP contribution in [-0.4, -0.2) is 44.4 Å². The van der Waals surface area contributed by atoms with E-state index in [1.165, 1.54) is 0 Å². The normalized spacial score (nSPS) is 22.0. The summed E-state index contributed by atoms with van der Waals surface area (Å²) in [4.78, 5) is 28.8. The molecular weight excluding hydrogens is 412 g/mol. The molecule has 3 aromatic rings. The first-order valence-electron chi connectivity index (χ1n) is 10.5. The van der Waals surface area contributed by atoms with Gasteiger partial charge < -0.3 is 9.64 Å². The van der Waals surface area contributed by atoms with E-state index in [1.54, 1.807) is 36.8 Å². The maximum atomic E-state index is 13.8. The van der Waals surface area contributed by atoms with E-state index in [9.17, 15) is 4.79 Å². The molecular formula is C24H23ClN4O2. The summed E-state index contributed by atoms with van der Waals surface area (Å²) >= 11 is 5.91. The second-order valence-corrected chi connectivity index (χ2v) is 8.69. The van der Waals surface area contributed by atoms with E-state index in [0.29, 0.717) is 34.8 Å². The molecule has 1 aliphatic carbocycles. The van der Waals surface area contributed by atoms with Crippen LogP contribution < -0.4 is 4.74 Å². The Kier molecular flexibility index (Phi) is 5.32. The van der Waals surface area contributed by atoms with Crippen molar-refractivity contribution in [3.63, 3.8) is 0 Å². The predicted octanol–water partition coefficient (Wildman–Crippen LogP) is 4.57. The Hall–Kier alpha value is -2.99. The molecule has 31 heavy (non-hydrogen) atoms. The molecule has 0 bridgehead atoms. The fourth-order valence-electron chi connectivity index (χ4n) is 4.42. The summed E-state index contributed by atoms with van der Waals surface area (Å²) in [5, 5.41) is 0.567. The highest BCUT2D eigenvalue weighted by molar-refractivity contribution is 6.30. The first-order chi connectivity index (χ1) is 15.1. The lowest BCUT2D eigenvalue weighted by Gasteiger charge is -2.36. The molecule has 3 unspecified atom stereocenters. The van der Waals surface area contributed by atoms with Crippen molar-refractivity contribution in [2.45, 2.75) is 38.3 Å². The molecule has 6 nitrogen and oxygen atoms in total. The van der Waals surface area contributed by atoms with Crippen LogP contribution in [0.2, 0.25) is 5.02 Å². The van der Waals surface area contributed by atoms with Gasteiger partial charge in [-0.1, -0.05) is 29.3 Å². The number of hydrogen-bond acceptors (Lipinski definition) is 5. The minimum Gasteiger partial charge on any atom is -0.475 e. The van der Waals surface area contributed by atoms with E-state index < -0.39 is 0 Å². The van der Waals surface area contributed by atoms with Gasteiger partial charge in [0.2, 0.25) is 5.88 Å². The van der Waals surface area contributed by atoms with Crippen molar-refractivity contribution in [3.8, 4) is 17.3 Å². The summed E-state index contributed by atoms with van der Waals surface area (Å²) in [6, 6.07) is 11.4. The maximum absolute atomic E-state index is 13.8. The Morgan fingerprint density at radius 3 is 2.77 bits per heavy atom. The number of halogens is 1. The second kappa shape index (κ2) is 8.27. The van der Waals surface area contributed by atoms with Gasteiger partial charge in [0.1, 0.15) is 6.61 Å². The van der Waals surface area contributed by atoms with Crippen molar-refractivity contribution in [2.24, 2.45) is 5.92 Å². The van der Waals surface area contributed by atoms with E-state index in [0.717, 1.165) is 30.4 Å². The summed E-state index contributed by atoms with van der Waals surface area (Å²) in [5.74, 6) is 1.70. The minimum absolute atomic E-state index is 0.00113. The smallest absolute Gasteiger partial charge is 0.255 e.